The lowest BCUT2D eigenvalue weighted by atomic mass is 10.1. The minimum atomic E-state index is 0.0525. The van der Waals surface area contributed by atoms with Gasteiger partial charge < -0.3 is 10.6 Å². The number of aromatic nitrogens is 1. The molecule has 0 saturated carbocycles. The molecular weight excluding hydrogens is 222 g/mol. The lowest BCUT2D eigenvalue weighted by Gasteiger charge is -2.18. The topological polar surface area (TPSA) is 42.1 Å². The predicted molar refractivity (Wildman–Crippen MR) is 73.2 cm³/mol. The molecule has 0 fully saturated rings. The van der Waals surface area contributed by atoms with E-state index in [1.807, 2.05) is 19.2 Å². The Bertz CT molecular complexity index is 538. The first-order valence-electron chi connectivity index (χ1n) is 6.27. The standard InChI is InChI=1S/C15H17N3/c1-11(16)12-6-7-17-15(8-12)18-9-13-4-2-3-5-14(13)10-18/h2-8,11H,9-10,16H2,1H3/t11-/m0/s1. The Morgan fingerprint density at radius 2 is 1.83 bits per heavy atom. The minimum absolute atomic E-state index is 0.0525. The fraction of sp³-hybridized carbons (Fsp3) is 0.267. The molecule has 0 aliphatic carbocycles. The van der Waals surface area contributed by atoms with E-state index in [1.54, 1.807) is 0 Å². The van der Waals surface area contributed by atoms with E-state index in [-0.39, 0.29) is 6.04 Å². The number of hydrogen-bond donors (Lipinski definition) is 1. The molecule has 0 bridgehead atoms. The molecular formula is C15H17N3. The van der Waals surface area contributed by atoms with Crippen molar-refractivity contribution in [2.75, 3.05) is 4.90 Å². The Morgan fingerprint density at radius 1 is 1.17 bits per heavy atom. The highest BCUT2D eigenvalue weighted by Crippen LogP contribution is 2.27. The monoisotopic (exact) mass is 239 g/mol. The van der Waals surface area contributed by atoms with Crippen molar-refractivity contribution in [3.8, 4) is 0 Å². The SMILES string of the molecule is C[C@H](N)c1ccnc(N2Cc3ccccc3C2)c1. The van der Waals surface area contributed by atoms with Crippen LogP contribution in [0, 0.1) is 0 Å². The van der Waals surface area contributed by atoms with Crippen molar-refractivity contribution in [3.05, 3.63) is 59.3 Å². The van der Waals surface area contributed by atoms with Crippen LogP contribution < -0.4 is 10.6 Å². The predicted octanol–water partition coefficient (Wildman–Crippen LogP) is 2.62. The van der Waals surface area contributed by atoms with Crippen LogP contribution in [0.2, 0.25) is 0 Å². The van der Waals surface area contributed by atoms with Crippen LogP contribution in [0.4, 0.5) is 5.82 Å². The summed E-state index contributed by atoms with van der Waals surface area (Å²) in [6.07, 6.45) is 1.84. The van der Waals surface area contributed by atoms with Gasteiger partial charge in [-0.25, -0.2) is 4.98 Å². The summed E-state index contributed by atoms with van der Waals surface area (Å²) in [5.41, 5.74) is 9.84. The molecule has 3 rings (SSSR count). The number of benzene rings is 1. The smallest absolute Gasteiger partial charge is 0.129 e. The van der Waals surface area contributed by atoms with Crippen LogP contribution >= 0.6 is 0 Å². The van der Waals surface area contributed by atoms with Crippen molar-refractivity contribution in [3.63, 3.8) is 0 Å². The Kier molecular flexibility index (Phi) is 2.76. The summed E-state index contributed by atoms with van der Waals surface area (Å²) in [7, 11) is 0. The minimum Gasteiger partial charge on any atom is -0.348 e. The number of nitrogens with zero attached hydrogens (tertiary/aromatic N) is 2. The number of fused-ring (bicyclic) bond motifs is 1. The quantitative estimate of drug-likeness (QED) is 0.876. The average Bonchev–Trinajstić information content (AvgIpc) is 2.82. The van der Waals surface area contributed by atoms with E-state index >= 15 is 0 Å². The highest BCUT2D eigenvalue weighted by atomic mass is 15.2. The molecule has 92 valence electrons. The van der Waals surface area contributed by atoms with Crippen molar-refractivity contribution in [2.45, 2.75) is 26.1 Å². The van der Waals surface area contributed by atoms with Gasteiger partial charge >= 0.3 is 0 Å². The molecule has 2 N–H and O–H groups in total. The second kappa shape index (κ2) is 4.42. The number of anilines is 1. The van der Waals surface area contributed by atoms with Crippen LogP contribution in [0.5, 0.6) is 0 Å². The molecule has 0 amide bonds. The molecule has 0 spiro atoms. The molecule has 1 aromatic carbocycles. The summed E-state index contributed by atoms with van der Waals surface area (Å²) >= 11 is 0. The normalized spacial score (nSPS) is 15.6. The van der Waals surface area contributed by atoms with Gasteiger partial charge in [0.2, 0.25) is 0 Å². The Labute approximate surface area is 107 Å². The summed E-state index contributed by atoms with van der Waals surface area (Å²) < 4.78 is 0. The molecule has 1 aliphatic heterocycles. The summed E-state index contributed by atoms with van der Waals surface area (Å²) in [4.78, 5) is 6.75. The molecule has 2 aromatic rings. The largest absolute Gasteiger partial charge is 0.348 e. The van der Waals surface area contributed by atoms with Crippen LogP contribution in [-0.4, -0.2) is 4.98 Å². The Hall–Kier alpha value is -1.87. The van der Waals surface area contributed by atoms with E-state index in [9.17, 15) is 0 Å². The van der Waals surface area contributed by atoms with Gasteiger partial charge in [0.25, 0.3) is 0 Å². The maximum atomic E-state index is 5.92. The second-order valence-corrected chi connectivity index (χ2v) is 4.86. The van der Waals surface area contributed by atoms with Gasteiger partial charge in [-0.15, -0.1) is 0 Å². The van der Waals surface area contributed by atoms with Crippen molar-refractivity contribution in [1.82, 2.24) is 4.98 Å². The fourth-order valence-electron chi connectivity index (χ4n) is 2.39. The first-order chi connectivity index (χ1) is 8.74. The molecule has 18 heavy (non-hydrogen) atoms. The highest BCUT2D eigenvalue weighted by Gasteiger charge is 2.19. The molecule has 1 atom stereocenters. The van der Waals surface area contributed by atoms with E-state index in [1.165, 1.54) is 11.1 Å². The zero-order chi connectivity index (χ0) is 12.5. The Balaban J connectivity index is 1.88. The van der Waals surface area contributed by atoms with Gasteiger partial charge in [-0.05, 0) is 35.7 Å². The van der Waals surface area contributed by atoms with E-state index in [0.29, 0.717) is 0 Å². The van der Waals surface area contributed by atoms with Gasteiger partial charge in [0.05, 0.1) is 0 Å². The van der Waals surface area contributed by atoms with Crippen LogP contribution in [0.25, 0.3) is 0 Å². The fourth-order valence-corrected chi connectivity index (χ4v) is 2.39. The van der Waals surface area contributed by atoms with Crippen LogP contribution in [0.15, 0.2) is 42.6 Å². The van der Waals surface area contributed by atoms with Gasteiger partial charge in [-0.3, -0.25) is 0 Å². The van der Waals surface area contributed by atoms with Crippen molar-refractivity contribution in [1.29, 1.82) is 0 Å². The third-order valence-corrected chi connectivity index (χ3v) is 3.46. The lowest BCUT2D eigenvalue weighted by molar-refractivity contribution is 0.803. The summed E-state index contributed by atoms with van der Waals surface area (Å²) in [6.45, 7) is 3.87. The lowest BCUT2D eigenvalue weighted by Crippen LogP contribution is -2.16. The first kappa shape index (κ1) is 11.2. The number of rotatable bonds is 2. The molecule has 3 heteroatoms. The van der Waals surface area contributed by atoms with E-state index in [0.717, 1.165) is 24.5 Å². The number of pyridine rings is 1. The number of hydrogen-bond acceptors (Lipinski definition) is 3. The Morgan fingerprint density at radius 3 is 2.44 bits per heavy atom. The van der Waals surface area contributed by atoms with Crippen molar-refractivity contribution >= 4 is 5.82 Å². The van der Waals surface area contributed by atoms with E-state index < -0.39 is 0 Å². The van der Waals surface area contributed by atoms with Gasteiger partial charge in [-0.1, -0.05) is 24.3 Å². The molecule has 3 nitrogen and oxygen atoms in total. The molecule has 2 heterocycles. The number of nitrogens with two attached hydrogens (primary N) is 1. The summed E-state index contributed by atoms with van der Waals surface area (Å²) in [6, 6.07) is 12.7. The van der Waals surface area contributed by atoms with Crippen LogP contribution in [-0.2, 0) is 13.1 Å². The van der Waals surface area contributed by atoms with E-state index in [4.69, 9.17) is 5.73 Å². The maximum Gasteiger partial charge on any atom is 0.129 e. The van der Waals surface area contributed by atoms with Gasteiger partial charge in [0, 0.05) is 25.3 Å². The summed E-state index contributed by atoms with van der Waals surface area (Å²) in [5, 5.41) is 0. The maximum absolute atomic E-state index is 5.92. The van der Waals surface area contributed by atoms with Crippen LogP contribution in [0.1, 0.15) is 29.7 Å². The second-order valence-electron chi connectivity index (χ2n) is 4.86. The van der Waals surface area contributed by atoms with Crippen LogP contribution in [0.3, 0.4) is 0 Å². The molecule has 0 radical (unpaired) electrons. The van der Waals surface area contributed by atoms with E-state index in [2.05, 4.69) is 40.2 Å². The first-order valence-corrected chi connectivity index (χ1v) is 6.27. The highest BCUT2D eigenvalue weighted by molar-refractivity contribution is 5.48. The summed E-state index contributed by atoms with van der Waals surface area (Å²) in [5.74, 6) is 1.01. The third kappa shape index (κ3) is 1.97. The molecule has 0 saturated heterocycles. The zero-order valence-corrected chi connectivity index (χ0v) is 10.5. The third-order valence-electron chi connectivity index (χ3n) is 3.46. The average molecular weight is 239 g/mol. The van der Waals surface area contributed by atoms with Gasteiger partial charge in [0.1, 0.15) is 5.82 Å². The molecule has 1 aromatic heterocycles. The zero-order valence-electron chi connectivity index (χ0n) is 10.5. The van der Waals surface area contributed by atoms with Gasteiger partial charge in [0.15, 0.2) is 0 Å². The molecule has 0 unspecified atom stereocenters. The van der Waals surface area contributed by atoms with Crippen molar-refractivity contribution in [2.24, 2.45) is 5.73 Å². The van der Waals surface area contributed by atoms with Gasteiger partial charge in [-0.2, -0.15) is 0 Å². The molecule has 1 aliphatic rings. The van der Waals surface area contributed by atoms with Crippen molar-refractivity contribution < 1.29 is 0 Å².